The first kappa shape index (κ1) is 14.2. The highest BCUT2D eigenvalue weighted by Gasteiger charge is 2.11. The van der Waals surface area contributed by atoms with Crippen LogP contribution in [-0.2, 0) is 4.74 Å². The molecule has 0 saturated carbocycles. The standard InChI is InChI=1S/C15H25NO/c1-5-13(4)17-11-15(16-6-2)14-9-7-12(3)8-10-14/h7-10,13,15-16H,5-6,11H2,1-4H3. The Morgan fingerprint density at radius 1 is 1.18 bits per heavy atom. The summed E-state index contributed by atoms with van der Waals surface area (Å²) in [6.45, 7) is 10.2. The molecule has 2 nitrogen and oxygen atoms in total. The highest BCUT2D eigenvalue weighted by molar-refractivity contribution is 5.24. The van der Waals surface area contributed by atoms with E-state index >= 15 is 0 Å². The van der Waals surface area contributed by atoms with E-state index in [9.17, 15) is 0 Å². The van der Waals surface area contributed by atoms with E-state index in [0.29, 0.717) is 12.1 Å². The fraction of sp³-hybridized carbons (Fsp3) is 0.600. The zero-order valence-corrected chi connectivity index (χ0v) is 11.5. The van der Waals surface area contributed by atoms with Gasteiger partial charge >= 0.3 is 0 Å². The van der Waals surface area contributed by atoms with E-state index in [4.69, 9.17) is 4.74 Å². The number of hydrogen-bond acceptors (Lipinski definition) is 2. The summed E-state index contributed by atoms with van der Waals surface area (Å²) in [6, 6.07) is 8.98. The van der Waals surface area contributed by atoms with Crippen molar-refractivity contribution in [2.75, 3.05) is 13.2 Å². The Morgan fingerprint density at radius 2 is 1.82 bits per heavy atom. The molecule has 0 bridgehead atoms. The molecule has 1 aromatic carbocycles. The van der Waals surface area contributed by atoms with E-state index in [1.54, 1.807) is 0 Å². The highest BCUT2D eigenvalue weighted by Crippen LogP contribution is 2.15. The summed E-state index contributed by atoms with van der Waals surface area (Å²) < 4.78 is 5.83. The van der Waals surface area contributed by atoms with Crippen molar-refractivity contribution in [1.29, 1.82) is 0 Å². The molecule has 0 aliphatic heterocycles. The van der Waals surface area contributed by atoms with E-state index in [0.717, 1.165) is 19.6 Å². The van der Waals surface area contributed by atoms with Gasteiger partial charge in [-0.05, 0) is 32.4 Å². The summed E-state index contributed by atoms with van der Waals surface area (Å²) in [6.07, 6.45) is 1.40. The monoisotopic (exact) mass is 235 g/mol. The lowest BCUT2D eigenvalue weighted by Crippen LogP contribution is -2.27. The Balaban J connectivity index is 2.61. The van der Waals surface area contributed by atoms with Gasteiger partial charge in [0.05, 0.1) is 18.8 Å². The van der Waals surface area contributed by atoms with E-state index in [-0.39, 0.29) is 0 Å². The van der Waals surface area contributed by atoms with Crippen molar-refractivity contribution in [3.63, 3.8) is 0 Å². The molecule has 1 rings (SSSR count). The van der Waals surface area contributed by atoms with Gasteiger partial charge in [-0.1, -0.05) is 43.7 Å². The average molecular weight is 235 g/mol. The van der Waals surface area contributed by atoms with Crippen LogP contribution in [0.1, 0.15) is 44.4 Å². The van der Waals surface area contributed by atoms with Crippen molar-refractivity contribution in [3.05, 3.63) is 35.4 Å². The second kappa shape index (κ2) is 7.46. The van der Waals surface area contributed by atoms with Gasteiger partial charge in [0, 0.05) is 0 Å². The normalized spacial score (nSPS) is 14.6. The Hall–Kier alpha value is -0.860. The topological polar surface area (TPSA) is 21.3 Å². The van der Waals surface area contributed by atoms with Crippen LogP contribution in [0.15, 0.2) is 24.3 Å². The zero-order valence-electron chi connectivity index (χ0n) is 11.5. The number of nitrogens with one attached hydrogen (secondary N) is 1. The smallest absolute Gasteiger partial charge is 0.0665 e. The van der Waals surface area contributed by atoms with Gasteiger partial charge in [0.1, 0.15) is 0 Å². The van der Waals surface area contributed by atoms with Crippen molar-refractivity contribution in [2.45, 2.75) is 46.3 Å². The van der Waals surface area contributed by atoms with Crippen LogP contribution in [0.3, 0.4) is 0 Å². The Bertz CT molecular complexity index is 307. The van der Waals surface area contributed by atoms with Crippen LogP contribution in [0.25, 0.3) is 0 Å². The molecular formula is C15H25NO. The zero-order chi connectivity index (χ0) is 12.7. The molecule has 0 amide bonds. The summed E-state index contributed by atoms with van der Waals surface area (Å²) in [5.74, 6) is 0. The van der Waals surface area contributed by atoms with Gasteiger partial charge in [0.25, 0.3) is 0 Å². The maximum absolute atomic E-state index is 5.83. The quantitative estimate of drug-likeness (QED) is 0.781. The second-order valence-electron chi connectivity index (χ2n) is 4.57. The Kier molecular flexibility index (Phi) is 6.23. The van der Waals surface area contributed by atoms with Crippen molar-refractivity contribution in [1.82, 2.24) is 5.32 Å². The van der Waals surface area contributed by atoms with Crippen LogP contribution in [0, 0.1) is 6.92 Å². The third-order valence-electron chi connectivity index (χ3n) is 3.05. The molecule has 17 heavy (non-hydrogen) atoms. The number of aryl methyl sites for hydroxylation is 1. The molecule has 1 N–H and O–H groups in total. The lowest BCUT2D eigenvalue weighted by atomic mass is 10.1. The minimum atomic E-state index is 0.301. The Morgan fingerprint density at radius 3 is 2.35 bits per heavy atom. The number of ether oxygens (including phenoxy) is 1. The third-order valence-corrected chi connectivity index (χ3v) is 3.05. The molecule has 2 atom stereocenters. The van der Waals surface area contributed by atoms with Crippen LogP contribution in [0.2, 0.25) is 0 Å². The second-order valence-corrected chi connectivity index (χ2v) is 4.57. The van der Waals surface area contributed by atoms with Gasteiger partial charge in [-0.15, -0.1) is 0 Å². The summed E-state index contributed by atoms with van der Waals surface area (Å²) in [7, 11) is 0. The van der Waals surface area contributed by atoms with Gasteiger partial charge < -0.3 is 10.1 Å². The van der Waals surface area contributed by atoms with Gasteiger partial charge in [-0.3, -0.25) is 0 Å². The first-order valence-corrected chi connectivity index (χ1v) is 6.58. The molecular weight excluding hydrogens is 210 g/mol. The fourth-order valence-electron chi connectivity index (χ4n) is 1.70. The van der Waals surface area contributed by atoms with E-state index < -0.39 is 0 Å². The molecule has 2 unspecified atom stereocenters. The lowest BCUT2D eigenvalue weighted by molar-refractivity contribution is 0.0477. The first-order valence-electron chi connectivity index (χ1n) is 6.58. The van der Waals surface area contributed by atoms with Crippen LogP contribution in [0.5, 0.6) is 0 Å². The maximum atomic E-state index is 5.83. The molecule has 0 radical (unpaired) electrons. The van der Waals surface area contributed by atoms with E-state index in [2.05, 4.69) is 57.3 Å². The largest absolute Gasteiger partial charge is 0.377 e. The summed E-state index contributed by atoms with van der Waals surface area (Å²) >= 11 is 0. The van der Waals surface area contributed by atoms with Crippen molar-refractivity contribution in [2.24, 2.45) is 0 Å². The molecule has 0 heterocycles. The summed E-state index contributed by atoms with van der Waals surface area (Å²) in [5, 5.41) is 3.47. The molecule has 0 fully saturated rings. The van der Waals surface area contributed by atoms with Crippen LogP contribution in [0.4, 0.5) is 0 Å². The first-order chi connectivity index (χ1) is 8.17. The number of benzene rings is 1. The molecule has 0 spiro atoms. The van der Waals surface area contributed by atoms with Crippen LogP contribution >= 0.6 is 0 Å². The predicted octanol–water partition coefficient (Wildman–Crippen LogP) is 3.46. The minimum Gasteiger partial charge on any atom is -0.377 e. The van der Waals surface area contributed by atoms with Crippen LogP contribution in [-0.4, -0.2) is 19.3 Å². The SMILES string of the molecule is CCNC(COC(C)CC)c1ccc(C)cc1. The Labute approximate surface area is 105 Å². The number of rotatable bonds is 7. The van der Waals surface area contributed by atoms with Gasteiger partial charge in [-0.2, -0.15) is 0 Å². The molecule has 0 saturated heterocycles. The van der Waals surface area contributed by atoms with E-state index in [1.165, 1.54) is 11.1 Å². The van der Waals surface area contributed by atoms with Gasteiger partial charge in [-0.25, -0.2) is 0 Å². The minimum absolute atomic E-state index is 0.301. The number of likely N-dealkylation sites (N-methyl/N-ethyl adjacent to an activating group) is 1. The van der Waals surface area contributed by atoms with Crippen molar-refractivity contribution >= 4 is 0 Å². The maximum Gasteiger partial charge on any atom is 0.0665 e. The number of hydrogen-bond donors (Lipinski definition) is 1. The van der Waals surface area contributed by atoms with Crippen molar-refractivity contribution < 1.29 is 4.74 Å². The summed E-state index contributed by atoms with van der Waals surface area (Å²) in [4.78, 5) is 0. The van der Waals surface area contributed by atoms with Gasteiger partial charge in [0.15, 0.2) is 0 Å². The van der Waals surface area contributed by atoms with Gasteiger partial charge in [0.2, 0.25) is 0 Å². The van der Waals surface area contributed by atoms with E-state index in [1.807, 2.05) is 0 Å². The molecule has 1 aromatic rings. The molecule has 0 aromatic heterocycles. The predicted molar refractivity (Wildman–Crippen MR) is 73.3 cm³/mol. The van der Waals surface area contributed by atoms with Crippen molar-refractivity contribution in [3.8, 4) is 0 Å². The molecule has 0 aliphatic rings. The lowest BCUT2D eigenvalue weighted by Gasteiger charge is -2.21. The highest BCUT2D eigenvalue weighted by atomic mass is 16.5. The molecule has 0 aliphatic carbocycles. The summed E-state index contributed by atoms with van der Waals surface area (Å²) in [5.41, 5.74) is 2.60. The molecule has 2 heteroatoms. The molecule has 96 valence electrons. The fourth-order valence-corrected chi connectivity index (χ4v) is 1.70. The third kappa shape index (κ3) is 4.88. The average Bonchev–Trinajstić information content (AvgIpc) is 2.35. The van der Waals surface area contributed by atoms with Crippen LogP contribution < -0.4 is 5.32 Å².